The quantitative estimate of drug-likeness (QED) is 0.755. The molecular weight excluding hydrogens is 233 g/mol. The van der Waals surface area contributed by atoms with Gasteiger partial charge in [-0.1, -0.05) is 6.92 Å². The summed E-state index contributed by atoms with van der Waals surface area (Å²) in [7, 11) is 3.79. The number of likely N-dealkylation sites (N-methyl/N-ethyl adjacent to an activating group) is 1. The molecule has 0 spiro atoms. The third kappa shape index (κ3) is 3.81. The molecule has 0 saturated carbocycles. The van der Waals surface area contributed by atoms with Crippen LogP contribution >= 0.6 is 0 Å². The molecule has 0 aliphatic heterocycles. The normalized spacial score (nSPS) is 10.8. The minimum absolute atomic E-state index is 0.279. The van der Waals surface area contributed by atoms with E-state index in [1.54, 1.807) is 13.0 Å². The van der Waals surface area contributed by atoms with Crippen LogP contribution in [0.25, 0.3) is 0 Å². The number of carbonyl (C=O) groups is 1. The van der Waals surface area contributed by atoms with Gasteiger partial charge in [-0.2, -0.15) is 0 Å². The Kier molecular flexibility index (Phi) is 5.28. The van der Waals surface area contributed by atoms with Gasteiger partial charge in [0.15, 0.2) is 0 Å². The minimum Gasteiger partial charge on any atom is -0.461 e. The van der Waals surface area contributed by atoms with E-state index < -0.39 is 5.97 Å². The lowest BCUT2D eigenvalue weighted by Crippen LogP contribution is -2.20. The molecule has 3 nitrogen and oxygen atoms in total. The number of aryl methyl sites for hydroxylation is 1. The van der Waals surface area contributed by atoms with Crippen molar-refractivity contribution in [1.29, 1.82) is 0 Å². The molecule has 0 saturated heterocycles. The van der Waals surface area contributed by atoms with Crippen LogP contribution in [0.5, 0.6) is 0 Å². The SMILES string of the molecule is CCc1c(C)cc(C(=O)OCCN(C)C)cc1F. The Labute approximate surface area is 108 Å². The Morgan fingerprint density at radius 2 is 2.06 bits per heavy atom. The van der Waals surface area contributed by atoms with E-state index in [1.807, 2.05) is 25.9 Å². The molecule has 0 unspecified atom stereocenters. The van der Waals surface area contributed by atoms with Crippen molar-refractivity contribution in [2.75, 3.05) is 27.2 Å². The molecule has 0 aliphatic carbocycles. The van der Waals surface area contributed by atoms with E-state index in [1.165, 1.54) is 6.07 Å². The van der Waals surface area contributed by atoms with Gasteiger partial charge in [0.25, 0.3) is 0 Å². The smallest absolute Gasteiger partial charge is 0.338 e. The maximum Gasteiger partial charge on any atom is 0.338 e. The molecule has 0 N–H and O–H groups in total. The van der Waals surface area contributed by atoms with E-state index in [2.05, 4.69) is 0 Å². The van der Waals surface area contributed by atoms with Crippen LogP contribution in [0.4, 0.5) is 4.39 Å². The lowest BCUT2D eigenvalue weighted by molar-refractivity contribution is 0.0481. The van der Waals surface area contributed by atoms with E-state index in [-0.39, 0.29) is 11.4 Å². The van der Waals surface area contributed by atoms with Crippen LogP contribution in [0.1, 0.15) is 28.4 Å². The first kappa shape index (κ1) is 14.6. The van der Waals surface area contributed by atoms with Gasteiger partial charge in [0.1, 0.15) is 12.4 Å². The van der Waals surface area contributed by atoms with Crippen molar-refractivity contribution in [2.24, 2.45) is 0 Å². The molecule has 1 aromatic carbocycles. The number of halogens is 1. The van der Waals surface area contributed by atoms with Crippen LogP contribution in [-0.2, 0) is 11.2 Å². The molecule has 0 heterocycles. The summed E-state index contributed by atoms with van der Waals surface area (Å²) in [5.41, 5.74) is 1.72. The van der Waals surface area contributed by atoms with Gasteiger partial charge in [-0.05, 0) is 50.7 Å². The molecule has 0 atom stereocenters. The molecule has 1 rings (SSSR count). The fourth-order valence-corrected chi connectivity index (χ4v) is 1.74. The minimum atomic E-state index is -0.471. The second-order valence-electron chi connectivity index (χ2n) is 4.55. The second-order valence-corrected chi connectivity index (χ2v) is 4.55. The highest BCUT2D eigenvalue weighted by atomic mass is 19.1. The zero-order chi connectivity index (χ0) is 13.7. The van der Waals surface area contributed by atoms with E-state index in [0.29, 0.717) is 25.1 Å². The molecule has 0 radical (unpaired) electrons. The van der Waals surface area contributed by atoms with Gasteiger partial charge in [0.2, 0.25) is 0 Å². The molecule has 0 fully saturated rings. The van der Waals surface area contributed by atoms with Crippen LogP contribution in [0.3, 0.4) is 0 Å². The summed E-state index contributed by atoms with van der Waals surface area (Å²) in [4.78, 5) is 13.6. The molecule has 0 bridgehead atoms. The zero-order valence-electron chi connectivity index (χ0n) is 11.4. The Morgan fingerprint density at radius 3 is 2.56 bits per heavy atom. The number of esters is 1. The highest BCUT2D eigenvalue weighted by molar-refractivity contribution is 5.89. The number of ether oxygens (including phenoxy) is 1. The predicted octanol–water partition coefficient (Wildman–Crippen LogP) is 2.41. The van der Waals surface area contributed by atoms with Crippen LogP contribution in [0.15, 0.2) is 12.1 Å². The topological polar surface area (TPSA) is 29.5 Å². The van der Waals surface area contributed by atoms with Gasteiger partial charge in [-0.25, -0.2) is 9.18 Å². The van der Waals surface area contributed by atoms with E-state index in [0.717, 1.165) is 5.56 Å². The summed E-state index contributed by atoms with van der Waals surface area (Å²) in [6, 6.07) is 2.93. The van der Waals surface area contributed by atoms with E-state index in [9.17, 15) is 9.18 Å². The highest BCUT2D eigenvalue weighted by Gasteiger charge is 2.13. The number of hydrogen-bond donors (Lipinski definition) is 0. The number of carbonyl (C=O) groups excluding carboxylic acids is 1. The summed E-state index contributed by atoms with van der Waals surface area (Å²) < 4.78 is 18.8. The molecule has 18 heavy (non-hydrogen) atoms. The van der Waals surface area contributed by atoms with Crippen molar-refractivity contribution >= 4 is 5.97 Å². The summed E-state index contributed by atoms with van der Waals surface area (Å²) in [6.45, 7) is 4.65. The fraction of sp³-hybridized carbons (Fsp3) is 0.500. The maximum atomic E-state index is 13.7. The van der Waals surface area contributed by atoms with Gasteiger partial charge in [-0.15, -0.1) is 0 Å². The molecule has 100 valence electrons. The first-order valence-electron chi connectivity index (χ1n) is 6.06. The summed E-state index contributed by atoms with van der Waals surface area (Å²) in [6.07, 6.45) is 0.619. The lowest BCUT2D eigenvalue weighted by atomic mass is 10.0. The number of benzene rings is 1. The molecule has 4 heteroatoms. The summed E-state index contributed by atoms with van der Waals surface area (Å²) in [5, 5.41) is 0. The predicted molar refractivity (Wildman–Crippen MR) is 69.4 cm³/mol. The maximum absolute atomic E-state index is 13.7. The largest absolute Gasteiger partial charge is 0.461 e. The molecule has 0 amide bonds. The third-order valence-electron chi connectivity index (χ3n) is 2.78. The second kappa shape index (κ2) is 6.50. The van der Waals surface area contributed by atoms with Crippen molar-refractivity contribution in [1.82, 2.24) is 4.90 Å². The van der Waals surface area contributed by atoms with E-state index >= 15 is 0 Å². The Balaban J connectivity index is 2.75. The van der Waals surface area contributed by atoms with Crippen molar-refractivity contribution in [3.05, 3.63) is 34.6 Å². The van der Waals surface area contributed by atoms with Gasteiger partial charge < -0.3 is 9.64 Å². The van der Waals surface area contributed by atoms with Gasteiger partial charge in [0, 0.05) is 6.54 Å². The average Bonchev–Trinajstić information content (AvgIpc) is 2.27. The van der Waals surface area contributed by atoms with Crippen molar-refractivity contribution in [2.45, 2.75) is 20.3 Å². The number of nitrogens with zero attached hydrogens (tertiary/aromatic N) is 1. The fourth-order valence-electron chi connectivity index (χ4n) is 1.74. The van der Waals surface area contributed by atoms with E-state index in [4.69, 9.17) is 4.74 Å². The van der Waals surface area contributed by atoms with Crippen molar-refractivity contribution in [3.8, 4) is 0 Å². The molecule has 0 aliphatic rings. The lowest BCUT2D eigenvalue weighted by Gasteiger charge is -2.11. The van der Waals surface area contributed by atoms with Crippen molar-refractivity contribution in [3.63, 3.8) is 0 Å². The Morgan fingerprint density at radius 1 is 1.39 bits per heavy atom. The summed E-state index contributed by atoms with van der Waals surface area (Å²) >= 11 is 0. The first-order chi connectivity index (χ1) is 8.45. The highest BCUT2D eigenvalue weighted by Crippen LogP contribution is 2.17. The van der Waals surface area contributed by atoms with Gasteiger partial charge in [0.05, 0.1) is 5.56 Å². The van der Waals surface area contributed by atoms with Gasteiger partial charge in [-0.3, -0.25) is 0 Å². The zero-order valence-corrected chi connectivity index (χ0v) is 11.4. The van der Waals surface area contributed by atoms with Crippen LogP contribution in [-0.4, -0.2) is 38.1 Å². The molecule has 1 aromatic rings. The molecule has 0 aromatic heterocycles. The van der Waals surface area contributed by atoms with Crippen LogP contribution < -0.4 is 0 Å². The first-order valence-corrected chi connectivity index (χ1v) is 6.06. The van der Waals surface area contributed by atoms with Gasteiger partial charge >= 0.3 is 5.97 Å². The average molecular weight is 253 g/mol. The monoisotopic (exact) mass is 253 g/mol. The summed E-state index contributed by atoms with van der Waals surface area (Å²) in [5.74, 6) is -0.807. The number of hydrogen-bond acceptors (Lipinski definition) is 3. The standard InChI is InChI=1S/C14H20FNO2/c1-5-12-10(2)8-11(9-13(12)15)14(17)18-7-6-16(3)4/h8-9H,5-7H2,1-4H3. The van der Waals surface area contributed by atoms with Crippen LogP contribution in [0, 0.1) is 12.7 Å². The van der Waals surface area contributed by atoms with Crippen molar-refractivity contribution < 1.29 is 13.9 Å². The van der Waals surface area contributed by atoms with Crippen LogP contribution in [0.2, 0.25) is 0 Å². The number of rotatable bonds is 5. The Hall–Kier alpha value is -1.42. The third-order valence-corrected chi connectivity index (χ3v) is 2.78. The molecular formula is C14H20FNO2. The Bertz CT molecular complexity index is 407.